The molecule has 0 saturated carbocycles. The van der Waals surface area contributed by atoms with Crippen molar-refractivity contribution in [2.45, 2.75) is 99.1 Å². The molecule has 0 fully saturated rings. The molecule has 15 heteroatoms. The SMILES string of the molecule is CC.CCC(=O)OC(C)(C)C.CCOC(CN(C)C(=O)CCNC(=O)C(Cc1ccccc1)ONC=O)OCC.COCCc1ccc(O)cc1.OI. The van der Waals surface area contributed by atoms with Gasteiger partial charge in [0.2, 0.25) is 12.3 Å². The molecule has 1 atom stereocenters. The number of benzene rings is 2. The fourth-order valence-electron chi connectivity index (χ4n) is 3.87. The van der Waals surface area contributed by atoms with Crippen LogP contribution in [0.5, 0.6) is 5.75 Å². The van der Waals surface area contributed by atoms with Gasteiger partial charge in [-0.2, -0.15) is 0 Å². The minimum atomic E-state index is -0.907. The van der Waals surface area contributed by atoms with Crippen LogP contribution in [0.3, 0.4) is 0 Å². The summed E-state index contributed by atoms with van der Waals surface area (Å²) in [6, 6.07) is 16.4. The van der Waals surface area contributed by atoms with Crippen molar-refractivity contribution in [1.29, 1.82) is 0 Å². The summed E-state index contributed by atoms with van der Waals surface area (Å²) in [6.45, 7) is 17.2. The van der Waals surface area contributed by atoms with E-state index in [9.17, 15) is 19.2 Å². The number of halogens is 1. The summed E-state index contributed by atoms with van der Waals surface area (Å²) in [5.41, 5.74) is 3.81. The summed E-state index contributed by atoms with van der Waals surface area (Å²) in [5.74, 6) is -0.393. The van der Waals surface area contributed by atoms with Crippen LogP contribution < -0.4 is 10.8 Å². The van der Waals surface area contributed by atoms with Crippen LogP contribution in [0, 0.1) is 0 Å². The minimum Gasteiger partial charge on any atom is -0.508 e. The molecule has 304 valence electrons. The number of esters is 1. The first-order valence-corrected chi connectivity index (χ1v) is 18.6. The third-order valence-electron chi connectivity index (χ3n) is 6.25. The van der Waals surface area contributed by atoms with E-state index in [2.05, 4.69) is 10.8 Å². The maximum atomic E-state index is 12.4. The first-order valence-electron chi connectivity index (χ1n) is 17.6. The predicted octanol–water partition coefficient (Wildman–Crippen LogP) is 5.31. The maximum Gasteiger partial charge on any atom is 0.306 e. The van der Waals surface area contributed by atoms with E-state index in [0.717, 1.165) is 41.6 Å². The second kappa shape index (κ2) is 35.7. The van der Waals surface area contributed by atoms with E-state index < -0.39 is 18.3 Å². The maximum absolute atomic E-state index is 12.4. The van der Waals surface area contributed by atoms with Gasteiger partial charge in [0.15, 0.2) is 12.4 Å². The summed E-state index contributed by atoms with van der Waals surface area (Å²) in [7, 11) is 3.34. The van der Waals surface area contributed by atoms with Crippen molar-refractivity contribution in [2.24, 2.45) is 0 Å². The van der Waals surface area contributed by atoms with Gasteiger partial charge in [-0.1, -0.05) is 63.2 Å². The third-order valence-corrected chi connectivity index (χ3v) is 6.25. The Kier molecular flexibility index (Phi) is 36.3. The van der Waals surface area contributed by atoms with Gasteiger partial charge in [-0.05, 0) is 64.3 Å². The number of hydrogen-bond donors (Lipinski definition) is 4. The molecule has 4 N–H and O–H groups in total. The highest BCUT2D eigenvalue weighted by atomic mass is 127. The number of nitrogens with zero attached hydrogens (tertiary/aromatic N) is 1. The fraction of sp³-hybridized carbons (Fsp3) is 0.579. The molecule has 2 aromatic carbocycles. The van der Waals surface area contributed by atoms with E-state index in [0.29, 0.717) is 38.3 Å². The zero-order valence-corrected chi connectivity index (χ0v) is 35.3. The van der Waals surface area contributed by atoms with E-state index in [1.54, 1.807) is 33.2 Å². The van der Waals surface area contributed by atoms with E-state index in [1.807, 2.05) is 90.9 Å². The number of carbonyl (C=O) groups is 4. The van der Waals surface area contributed by atoms with Gasteiger partial charge in [-0.15, -0.1) is 0 Å². The highest BCUT2D eigenvalue weighted by molar-refractivity contribution is 14.1. The Morgan fingerprint density at radius 1 is 0.925 bits per heavy atom. The topological polar surface area (TPSA) is 182 Å². The zero-order valence-electron chi connectivity index (χ0n) is 33.2. The number of methoxy groups -OCH3 is 1. The largest absolute Gasteiger partial charge is 0.508 e. The molecule has 0 radical (unpaired) electrons. The molecule has 0 spiro atoms. The first kappa shape index (κ1) is 54.0. The molecule has 2 rings (SSSR count). The van der Waals surface area contributed by atoms with Crippen molar-refractivity contribution >= 4 is 47.2 Å². The molecule has 0 aliphatic heterocycles. The number of phenols is 1. The number of ether oxygens (including phenoxy) is 4. The molecule has 0 heterocycles. The van der Waals surface area contributed by atoms with Crippen molar-refractivity contribution in [3.05, 3.63) is 65.7 Å². The van der Waals surface area contributed by atoms with E-state index in [1.165, 1.54) is 10.5 Å². The molecule has 0 bridgehead atoms. The molecule has 14 nitrogen and oxygen atoms in total. The second-order valence-corrected chi connectivity index (χ2v) is 11.5. The lowest BCUT2D eigenvalue weighted by molar-refractivity contribution is -0.156. The van der Waals surface area contributed by atoms with Gasteiger partial charge < -0.3 is 37.7 Å². The third kappa shape index (κ3) is 31.9. The molecule has 2 aromatic rings. The zero-order chi connectivity index (χ0) is 41.1. The predicted molar refractivity (Wildman–Crippen MR) is 214 cm³/mol. The van der Waals surface area contributed by atoms with Gasteiger partial charge in [0, 0.05) is 53.2 Å². The van der Waals surface area contributed by atoms with Crippen molar-refractivity contribution in [3.8, 4) is 5.75 Å². The molecule has 0 aliphatic carbocycles. The average molecular weight is 866 g/mol. The van der Waals surface area contributed by atoms with Crippen LogP contribution >= 0.6 is 23.0 Å². The molecule has 53 heavy (non-hydrogen) atoms. The van der Waals surface area contributed by atoms with Crippen LogP contribution in [0.4, 0.5) is 0 Å². The number of hydrogen-bond acceptors (Lipinski definition) is 11. The summed E-state index contributed by atoms with van der Waals surface area (Å²) >= 11 is 1.15. The second-order valence-electron chi connectivity index (χ2n) is 11.5. The van der Waals surface area contributed by atoms with E-state index in [-0.39, 0.29) is 36.9 Å². The van der Waals surface area contributed by atoms with Crippen molar-refractivity contribution in [3.63, 3.8) is 0 Å². The molecular weight excluding hydrogens is 801 g/mol. The molecule has 3 amide bonds. The standard InChI is InChI=1S/C20H31N3O6.C9H12O2.C7H14O2.C2H6.HIO/c1-4-27-19(28-5-2)14-23(3)18(25)11-12-21-20(26)17(29-22-15-24)13-16-9-7-6-8-10-16;1-11-7-6-8-2-4-9(10)5-3-8;1-5-6(8)9-7(2,3)4;2*1-2/h6-10,15,17,19H,4-5,11-14H2,1-3H3,(H,21,26)(H,22,24);2-5,10H,6-7H2,1H3;5H2,1-4H3;1-2H3;2H. The van der Waals surface area contributed by atoms with Gasteiger partial charge in [0.1, 0.15) is 34.4 Å². The van der Waals surface area contributed by atoms with Crippen molar-refractivity contribution in [2.75, 3.05) is 47.1 Å². The van der Waals surface area contributed by atoms with Gasteiger partial charge in [-0.25, -0.2) is 5.48 Å². The normalized spacial score (nSPS) is 10.6. The van der Waals surface area contributed by atoms with Crippen LogP contribution in [0.25, 0.3) is 0 Å². The Balaban J connectivity index is -0.000000846. The summed E-state index contributed by atoms with van der Waals surface area (Å²) in [6.07, 6.45) is 0.727. The Hall–Kier alpha value is -3.35. The summed E-state index contributed by atoms with van der Waals surface area (Å²) in [5, 5.41) is 11.6. The van der Waals surface area contributed by atoms with Crippen LogP contribution in [-0.4, -0.2) is 103 Å². The van der Waals surface area contributed by atoms with Gasteiger partial charge in [-0.3, -0.25) is 24.0 Å². The summed E-state index contributed by atoms with van der Waals surface area (Å²) in [4.78, 5) is 52.4. The Morgan fingerprint density at radius 2 is 1.49 bits per heavy atom. The number of likely N-dealkylation sites (N-methyl/N-ethyl adjacent to an activating group) is 1. The highest BCUT2D eigenvalue weighted by Gasteiger charge is 2.21. The lowest BCUT2D eigenvalue weighted by Gasteiger charge is -2.24. The van der Waals surface area contributed by atoms with Gasteiger partial charge >= 0.3 is 5.97 Å². The lowest BCUT2D eigenvalue weighted by Crippen LogP contribution is -2.43. The average Bonchev–Trinajstić information content (AvgIpc) is 3.15. The van der Waals surface area contributed by atoms with Crippen LogP contribution in [-0.2, 0) is 55.8 Å². The van der Waals surface area contributed by atoms with Gasteiger partial charge in [0.05, 0.1) is 13.2 Å². The van der Waals surface area contributed by atoms with Crippen LogP contribution in [0.1, 0.15) is 79.4 Å². The lowest BCUT2D eigenvalue weighted by atomic mass is 10.1. The number of phenolic OH excluding ortho intramolecular Hbond substituents is 1. The number of rotatable bonds is 19. The monoisotopic (exact) mass is 865 g/mol. The molecule has 0 saturated heterocycles. The Labute approximate surface area is 330 Å². The molecule has 0 aromatic heterocycles. The minimum absolute atomic E-state index is 0.117. The van der Waals surface area contributed by atoms with Gasteiger partial charge in [0.25, 0.3) is 5.91 Å². The van der Waals surface area contributed by atoms with E-state index in [4.69, 9.17) is 32.3 Å². The Morgan fingerprint density at radius 3 is 1.94 bits per heavy atom. The number of amides is 3. The smallest absolute Gasteiger partial charge is 0.306 e. The quantitative estimate of drug-likeness (QED) is 0.0472. The number of carbonyl (C=O) groups excluding carboxylic acids is 4. The van der Waals surface area contributed by atoms with E-state index >= 15 is 0 Å². The molecule has 1 unspecified atom stereocenters. The van der Waals surface area contributed by atoms with Crippen molar-refractivity contribution < 1.29 is 51.5 Å². The number of hydroxylamine groups is 1. The van der Waals surface area contributed by atoms with Crippen LogP contribution in [0.2, 0.25) is 0 Å². The first-order chi connectivity index (χ1) is 25.3. The fourth-order valence-corrected chi connectivity index (χ4v) is 3.87. The number of aromatic hydroxyl groups is 1. The molecule has 0 aliphatic rings. The van der Waals surface area contributed by atoms with Crippen LogP contribution in [0.15, 0.2) is 54.6 Å². The van der Waals surface area contributed by atoms with Crippen molar-refractivity contribution in [1.82, 2.24) is 15.7 Å². The number of nitrogens with one attached hydrogen (secondary N) is 2. The highest BCUT2D eigenvalue weighted by Crippen LogP contribution is 2.10. The molecular formula is C38H64IN3O11. The Bertz CT molecular complexity index is 1180. The summed E-state index contributed by atoms with van der Waals surface area (Å²) < 4.78 is 27.7.